The molecular formula is C26H28FN3O4S. The molecule has 0 aromatic heterocycles. The predicted molar refractivity (Wildman–Crippen MR) is 134 cm³/mol. The zero-order valence-corrected chi connectivity index (χ0v) is 20.6. The number of amides is 2. The molecule has 3 rings (SSSR count). The molecule has 0 saturated carbocycles. The molecule has 0 unspecified atom stereocenters. The highest BCUT2D eigenvalue weighted by Gasteiger charge is 2.29. The first-order valence-corrected chi connectivity index (χ1v) is 12.6. The van der Waals surface area contributed by atoms with Crippen LogP contribution in [-0.4, -0.2) is 32.8 Å². The Morgan fingerprint density at radius 3 is 2.26 bits per heavy atom. The fraction of sp³-hybridized carbons (Fsp3) is 0.231. The molecule has 2 amide bonds. The van der Waals surface area contributed by atoms with E-state index in [9.17, 15) is 22.4 Å². The van der Waals surface area contributed by atoms with Gasteiger partial charge in [0.05, 0.1) is 21.8 Å². The van der Waals surface area contributed by atoms with Crippen molar-refractivity contribution in [2.75, 3.05) is 16.2 Å². The molecule has 0 fully saturated rings. The normalized spacial score (nSPS) is 12.0. The smallest absolute Gasteiger partial charge is 0.264 e. The standard InChI is InChI=1S/C26H28FN3O4S/c1-4-19(3)28-26(32)21-9-5-7-11-23(21)29-25(31)17-30(24-12-8-6-10-22(24)27)35(33,34)20-15-13-18(2)14-16-20/h5-16,19H,4,17H2,1-3H3,(H,28,32)(H,29,31)/t19-/m1/s1. The second-order valence-electron chi connectivity index (χ2n) is 8.15. The highest BCUT2D eigenvalue weighted by atomic mass is 32.2. The number of carbonyl (C=O) groups is 2. The number of aryl methyl sites for hydroxylation is 1. The van der Waals surface area contributed by atoms with E-state index >= 15 is 0 Å². The third-order valence-corrected chi connectivity index (χ3v) is 7.23. The van der Waals surface area contributed by atoms with E-state index in [1.807, 2.05) is 20.8 Å². The van der Waals surface area contributed by atoms with Crippen LogP contribution in [0.5, 0.6) is 0 Å². The molecule has 0 saturated heterocycles. The Bertz CT molecular complexity index is 1310. The van der Waals surface area contributed by atoms with Crippen molar-refractivity contribution in [3.05, 3.63) is 89.7 Å². The minimum absolute atomic E-state index is 0.0672. The van der Waals surface area contributed by atoms with Gasteiger partial charge in [-0.2, -0.15) is 0 Å². The first kappa shape index (κ1) is 25.9. The Kier molecular flexibility index (Phi) is 8.24. The summed E-state index contributed by atoms with van der Waals surface area (Å²) in [5.74, 6) is -1.88. The van der Waals surface area contributed by atoms with Crippen LogP contribution in [0.4, 0.5) is 15.8 Å². The lowest BCUT2D eigenvalue weighted by Crippen LogP contribution is -2.39. The van der Waals surface area contributed by atoms with Gasteiger partial charge in [0.2, 0.25) is 5.91 Å². The molecule has 0 heterocycles. The molecule has 0 bridgehead atoms. The predicted octanol–water partition coefficient (Wildman–Crippen LogP) is 4.50. The van der Waals surface area contributed by atoms with Gasteiger partial charge in [-0.3, -0.25) is 13.9 Å². The molecule has 0 spiro atoms. The molecule has 9 heteroatoms. The number of nitrogens with zero attached hydrogens (tertiary/aromatic N) is 1. The third-order valence-electron chi connectivity index (χ3n) is 5.45. The van der Waals surface area contributed by atoms with E-state index in [-0.39, 0.29) is 33.8 Å². The molecule has 0 radical (unpaired) electrons. The van der Waals surface area contributed by atoms with Crippen LogP contribution in [0.15, 0.2) is 77.7 Å². The van der Waals surface area contributed by atoms with Gasteiger partial charge in [0, 0.05) is 6.04 Å². The summed E-state index contributed by atoms with van der Waals surface area (Å²) in [5.41, 5.74) is 1.05. The van der Waals surface area contributed by atoms with Gasteiger partial charge in [0.25, 0.3) is 15.9 Å². The van der Waals surface area contributed by atoms with Crippen LogP contribution in [0.2, 0.25) is 0 Å². The first-order chi connectivity index (χ1) is 16.6. The van der Waals surface area contributed by atoms with E-state index in [2.05, 4.69) is 10.6 Å². The van der Waals surface area contributed by atoms with E-state index in [1.54, 1.807) is 36.4 Å². The number of hydrogen-bond acceptors (Lipinski definition) is 4. The van der Waals surface area contributed by atoms with E-state index in [0.29, 0.717) is 0 Å². The maximum absolute atomic E-state index is 14.7. The minimum atomic E-state index is -4.27. The number of para-hydroxylation sites is 2. The van der Waals surface area contributed by atoms with Crippen molar-refractivity contribution < 1.29 is 22.4 Å². The highest BCUT2D eigenvalue weighted by molar-refractivity contribution is 7.92. The number of anilines is 2. The van der Waals surface area contributed by atoms with Crippen LogP contribution in [0.3, 0.4) is 0 Å². The highest BCUT2D eigenvalue weighted by Crippen LogP contribution is 2.27. The van der Waals surface area contributed by atoms with Crippen LogP contribution in [0, 0.1) is 12.7 Å². The average Bonchev–Trinajstić information content (AvgIpc) is 2.83. The van der Waals surface area contributed by atoms with Crippen molar-refractivity contribution in [1.82, 2.24) is 5.32 Å². The molecule has 0 aliphatic rings. The fourth-order valence-electron chi connectivity index (χ4n) is 3.30. The van der Waals surface area contributed by atoms with Crippen LogP contribution >= 0.6 is 0 Å². The molecular weight excluding hydrogens is 469 g/mol. The number of sulfonamides is 1. The van der Waals surface area contributed by atoms with E-state index < -0.39 is 28.3 Å². The molecule has 184 valence electrons. The molecule has 3 aromatic carbocycles. The summed E-state index contributed by atoms with van der Waals surface area (Å²) in [7, 11) is -4.27. The molecule has 0 aliphatic heterocycles. The molecule has 0 aliphatic carbocycles. The van der Waals surface area contributed by atoms with E-state index in [4.69, 9.17) is 0 Å². The maximum Gasteiger partial charge on any atom is 0.264 e. The number of rotatable bonds is 9. The topological polar surface area (TPSA) is 95.6 Å². The lowest BCUT2D eigenvalue weighted by Gasteiger charge is -2.25. The fourth-order valence-corrected chi connectivity index (χ4v) is 4.73. The molecule has 35 heavy (non-hydrogen) atoms. The molecule has 1 atom stereocenters. The average molecular weight is 498 g/mol. The van der Waals surface area contributed by atoms with Crippen LogP contribution in [0.25, 0.3) is 0 Å². The number of carbonyl (C=O) groups excluding carboxylic acids is 2. The van der Waals surface area contributed by atoms with Crippen LogP contribution in [-0.2, 0) is 14.8 Å². The van der Waals surface area contributed by atoms with Gasteiger partial charge in [-0.05, 0) is 56.7 Å². The number of benzene rings is 3. The monoisotopic (exact) mass is 497 g/mol. The largest absolute Gasteiger partial charge is 0.350 e. The Morgan fingerprint density at radius 2 is 1.60 bits per heavy atom. The second kappa shape index (κ2) is 11.1. The quantitative estimate of drug-likeness (QED) is 0.455. The summed E-state index contributed by atoms with van der Waals surface area (Å²) in [6.07, 6.45) is 0.731. The van der Waals surface area contributed by atoms with Crippen molar-refractivity contribution in [1.29, 1.82) is 0 Å². The van der Waals surface area contributed by atoms with Gasteiger partial charge in [0.15, 0.2) is 0 Å². The Hall–Kier alpha value is -3.72. The third kappa shape index (κ3) is 6.24. The summed E-state index contributed by atoms with van der Waals surface area (Å²) in [6.45, 7) is 4.91. The van der Waals surface area contributed by atoms with Gasteiger partial charge in [-0.25, -0.2) is 12.8 Å². The van der Waals surface area contributed by atoms with Crippen LogP contribution in [0.1, 0.15) is 36.2 Å². The second-order valence-corrected chi connectivity index (χ2v) is 10.0. The van der Waals surface area contributed by atoms with E-state index in [0.717, 1.165) is 22.4 Å². The summed E-state index contributed by atoms with van der Waals surface area (Å²) >= 11 is 0. The minimum Gasteiger partial charge on any atom is -0.350 e. The summed E-state index contributed by atoms with van der Waals surface area (Å²) in [5, 5.41) is 5.44. The summed E-state index contributed by atoms with van der Waals surface area (Å²) in [6, 6.07) is 17.7. The molecule has 3 aromatic rings. The van der Waals surface area contributed by atoms with Crippen molar-refractivity contribution >= 4 is 33.2 Å². The van der Waals surface area contributed by atoms with Gasteiger partial charge in [-0.1, -0.05) is 48.9 Å². The van der Waals surface area contributed by atoms with Crippen LogP contribution < -0.4 is 14.9 Å². The van der Waals surface area contributed by atoms with Crippen molar-refractivity contribution in [3.8, 4) is 0 Å². The van der Waals surface area contributed by atoms with Gasteiger partial charge < -0.3 is 10.6 Å². The van der Waals surface area contributed by atoms with Crippen molar-refractivity contribution in [2.24, 2.45) is 0 Å². The van der Waals surface area contributed by atoms with Gasteiger partial charge in [-0.15, -0.1) is 0 Å². The molecule has 7 nitrogen and oxygen atoms in total. The number of nitrogens with one attached hydrogen (secondary N) is 2. The lowest BCUT2D eigenvalue weighted by molar-refractivity contribution is -0.114. The van der Waals surface area contributed by atoms with Crippen molar-refractivity contribution in [2.45, 2.75) is 38.1 Å². The van der Waals surface area contributed by atoms with Gasteiger partial charge >= 0.3 is 0 Å². The Balaban J connectivity index is 1.93. The molecule has 2 N–H and O–H groups in total. The SMILES string of the molecule is CC[C@@H](C)NC(=O)c1ccccc1NC(=O)CN(c1ccccc1F)S(=O)(=O)c1ccc(C)cc1. The zero-order chi connectivity index (χ0) is 25.6. The lowest BCUT2D eigenvalue weighted by atomic mass is 10.1. The number of hydrogen-bond donors (Lipinski definition) is 2. The van der Waals surface area contributed by atoms with Crippen molar-refractivity contribution in [3.63, 3.8) is 0 Å². The summed E-state index contributed by atoms with van der Waals surface area (Å²) < 4.78 is 42.2. The van der Waals surface area contributed by atoms with E-state index in [1.165, 1.54) is 30.3 Å². The maximum atomic E-state index is 14.7. The first-order valence-electron chi connectivity index (χ1n) is 11.2. The Labute approximate surface area is 205 Å². The van der Waals surface area contributed by atoms with Gasteiger partial charge in [0.1, 0.15) is 12.4 Å². The Morgan fingerprint density at radius 1 is 0.971 bits per heavy atom. The summed E-state index contributed by atoms with van der Waals surface area (Å²) in [4.78, 5) is 25.6. The zero-order valence-electron chi connectivity index (χ0n) is 19.8. The number of halogens is 1.